The van der Waals surface area contributed by atoms with E-state index in [4.69, 9.17) is 11.6 Å². The van der Waals surface area contributed by atoms with Gasteiger partial charge in [-0.25, -0.2) is 4.39 Å². The smallest absolute Gasteiger partial charge is 0.241 e. The minimum absolute atomic E-state index is 0.203. The summed E-state index contributed by atoms with van der Waals surface area (Å²) in [5, 5.41) is 10.3. The van der Waals surface area contributed by atoms with Crippen molar-refractivity contribution in [1.82, 2.24) is 20.4 Å². The van der Waals surface area contributed by atoms with Gasteiger partial charge in [-0.05, 0) is 19.2 Å². The highest BCUT2D eigenvalue weighted by Crippen LogP contribution is 2.31. The van der Waals surface area contributed by atoms with Gasteiger partial charge in [-0.15, -0.1) is 0 Å². The van der Waals surface area contributed by atoms with Crippen molar-refractivity contribution >= 4 is 17.5 Å². The van der Waals surface area contributed by atoms with E-state index >= 15 is 0 Å². The Hall–Kier alpha value is -1.92. The summed E-state index contributed by atoms with van der Waals surface area (Å²) in [4.78, 5) is 12.5. The average molecular weight is 353 g/mol. The summed E-state index contributed by atoms with van der Waals surface area (Å²) in [5.74, 6) is -0.579. The van der Waals surface area contributed by atoms with Gasteiger partial charge in [-0.2, -0.15) is 5.10 Å². The van der Waals surface area contributed by atoms with Crippen LogP contribution in [-0.2, 0) is 17.3 Å². The number of likely N-dealkylation sites (N-methyl/N-ethyl adjacent to an activating group) is 1. The number of hydrogen-bond acceptors (Lipinski definition) is 3. The van der Waals surface area contributed by atoms with Crippen LogP contribution >= 0.6 is 11.6 Å². The van der Waals surface area contributed by atoms with E-state index in [1.807, 2.05) is 13.8 Å². The molecule has 2 N–H and O–H groups in total. The van der Waals surface area contributed by atoms with Crippen LogP contribution in [0.5, 0.6) is 0 Å². The predicted octanol–water partition coefficient (Wildman–Crippen LogP) is 2.57. The van der Waals surface area contributed by atoms with Gasteiger partial charge in [-0.3, -0.25) is 9.48 Å². The highest BCUT2D eigenvalue weighted by molar-refractivity contribution is 6.31. The van der Waals surface area contributed by atoms with Gasteiger partial charge in [-0.1, -0.05) is 31.5 Å². The Bertz CT molecular complexity index is 709. The Kier molecular flexibility index (Phi) is 5.62. The van der Waals surface area contributed by atoms with Gasteiger partial charge in [0.15, 0.2) is 0 Å². The Morgan fingerprint density at radius 1 is 1.46 bits per heavy atom. The second kappa shape index (κ2) is 7.32. The fraction of sp³-hybridized carbons (Fsp3) is 0.412. The Morgan fingerprint density at radius 3 is 2.71 bits per heavy atom. The standard InChI is InChI=1S/C17H22ClFN4O/c1-17(2,14-12(18)6-5-7-13(14)19)10-21-16(24)15(20-3)11-8-22-23(4)9-11/h5-9,15,20H,10H2,1-4H3,(H,21,24). The molecule has 5 nitrogen and oxygen atoms in total. The van der Waals surface area contributed by atoms with E-state index < -0.39 is 11.5 Å². The molecule has 0 bridgehead atoms. The fourth-order valence-electron chi connectivity index (χ4n) is 2.68. The lowest BCUT2D eigenvalue weighted by molar-refractivity contribution is -0.123. The molecule has 0 radical (unpaired) electrons. The Balaban J connectivity index is 2.12. The molecular weight excluding hydrogens is 331 g/mol. The van der Waals surface area contributed by atoms with Gasteiger partial charge in [0.2, 0.25) is 5.91 Å². The highest BCUT2D eigenvalue weighted by Gasteiger charge is 2.29. The van der Waals surface area contributed by atoms with Crippen LogP contribution in [0.1, 0.15) is 31.0 Å². The van der Waals surface area contributed by atoms with Gasteiger partial charge in [0.1, 0.15) is 11.9 Å². The first-order valence-corrected chi connectivity index (χ1v) is 8.02. The maximum absolute atomic E-state index is 14.1. The summed E-state index contributed by atoms with van der Waals surface area (Å²) in [7, 11) is 3.49. The van der Waals surface area contributed by atoms with Crippen LogP contribution < -0.4 is 10.6 Å². The summed E-state index contributed by atoms with van der Waals surface area (Å²) < 4.78 is 15.8. The average Bonchev–Trinajstić information content (AvgIpc) is 2.92. The van der Waals surface area contributed by atoms with Crippen LogP contribution in [0, 0.1) is 5.82 Å². The number of rotatable bonds is 6. The first kappa shape index (κ1) is 18.4. The van der Waals surface area contributed by atoms with E-state index in [-0.39, 0.29) is 18.3 Å². The van der Waals surface area contributed by atoms with E-state index in [0.717, 1.165) is 5.56 Å². The second-order valence-corrected chi connectivity index (χ2v) is 6.77. The molecule has 1 atom stereocenters. The quantitative estimate of drug-likeness (QED) is 0.840. The molecule has 1 heterocycles. The Morgan fingerprint density at radius 2 is 2.17 bits per heavy atom. The van der Waals surface area contributed by atoms with Crippen LogP contribution in [0.3, 0.4) is 0 Å². The SMILES string of the molecule is CNC(C(=O)NCC(C)(C)c1c(F)cccc1Cl)c1cnn(C)c1. The van der Waals surface area contributed by atoms with E-state index in [2.05, 4.69) is 15.7 Å². The molecule has 1 unspecified atom stereocenters. The van der Waals surface area contributed by atoms with Crippen molar-refractivity contribution in [1.29, 1.82) is 0 Å². The third-order valence-corrected chi connectivity index (χ3v) is 4.27. The molecule has 1 amide bonds. The third-order valence-electron chi connectivity index (χ3n) is 3.95. The molecule has 1 aromatic carbocycles. The van der Waals surface area contributed by atoms with Gasteiger partial charge >= 0.3 is 0 Å². The molecule has 0 saturated heterocycles. The number of aryl methyl sites for hydroxylation is 1. The molecule has 0 aliphatic rings. The maximum Gasteiger partial charge on any atom is 0.241 e. The van der Waals surface area contributed by atoms with Gasteiger partial charge in [0, 0.05) is 41.4 Å². The molecule has 0 spiro atoms. The van der Waals surface area contributed by atoms with Gasteiger partial charge in [0.05, 0.1) is 6.20 Å². The van der Waals surface area contributed by atoms with Crippen molar-refractivity contribution in [3.05, 3.63) is 52.6 Å². The topological polar surface area (TPSA) is 59.0 Å². The monoisotopic (exact) mass is 352 g/mol. The minimum atomic E-state index is -0.648. The molecule has 0 aliphatic heterocycles. The number of carbonyl (C=O) groups is 1. The number of halogens is 2. The number of benzene rings is 1. The predicted molar refractivity (Wildman–Crippen MR) is 92.5 cm³/mol. The zero-order valence-electron chi connectivity index (χ0n) is 14.2. The van der Waals surface area contributed by atoms with E-state index in [9.17, 15) is 9.18 Å². The zero-order valence-corrected chi connectivity index (χ0v) is 15.0. The molecule has 7 heteroatoms. The number of nitrogens with zero attached hydrogens (tertiary/aromatic N) is 2. The summed E-state index contributed by atoms with van der Waals surface area (Å²) in [5.41, 5.74) is 0.513. The highest BCUT2D eigenvalue weighted by atomic mass is 35.5. The van der Waals surface area contributed by atoms with E-state index in [1.54, 1.807) is 43.3 Å². The molecule has 0 saturated carbocycles. The van der Waals surface area contributed by atoms with Crippen LogP contribution in [0.15, 0.2) is 30.6 Å². The maximum atomic E-state index is 14.1. The van der Waals surface area contributed by atoms with Crippen LogP contribution in [0.2, 0.25) is 5.02 Å². The zero-order chi connectivity index (χ0) is 17.9. The van der Waals surface area contributed by atoms with Crippen LogP contribution in [0.4, 0.5) is 4.39 Å². The van der Waals surface area contributed by atoms with Gasteiger partial charge < -0.3 is 10.6 Å². The lowest BCUT2D eigenvalue weighted by atomic mass is 9.84. The number of nitrogens with one attached hydrogen (secondary N) is 2. The summed E-state index contributed by atoms with van der Waals surface area (Å²) >= 11 is 6.14. The molecule has 0 aliphatic carbocycles. The van der Waals surface area contributed by atoms with Crippen LogP contribution in [-0.4, -0.2) is 29.3 Å². The summed E-state index contributed by atoms with van der Waals surface area (Å²) in [6.45, 7) is 3.94. The molecule has 0 fully saturated rings. The molecule has 24 heavy (non-hydrogen) atoms. The van der Waals surface area contributed by atoms with Crippen molar-refractivity contribution < 1.29 is 9.18 Å². The van der Waals surface area contributed by atoms with E-state index in [1.165, 1.54) is 6.07 Å². The van der Waals surface area contributed by atoms with Crippen molar-refractivity contribution in [2.45, 2.75) is 25.3 Å². The van der Waals surface area contributed by atoms with Crippen molar-refractivity contribution in [2.75, 3.05) is 13.6 Å². The first-order chi connectivity index (χ1) is 11.3. The lowest BCUT2D eigenvalue weighted by Gasteiger charge is -2.28. The van der Waals surface area contributed by atoms with Crippen molar-refractivity contribution in [3.8, 4) is 0 Å². The fourth-order valence-corrected chi connectivity index (χ4v) is 3.10. The molecular formula is C17H22ClFN4O. The first-order valence-electron chi connectivity index (χ1n) is 7.64. The van der Waals surface area contributed by atoms with Crippen molar-refractivity contribution in [2.24, 2.45) is 7.05 Å². The number of amides is 1. The number of hydrogen-bond donors (Lipinski definition) is 2. The second-order valence-electron chi connectivity index (χ2n) is 6.37. The van der Waals surface area contributed by atoms with Crippen molar-refractivity contribution in [3.63, 3.8) is 0 Å². The molecule has 130 valence electrons. The Labute approximate surface area is 146 Å². The molecule has 2 aromatic rings. The minimum Gasteiger partial charge on any atom is -0.354 e. The molecule has 1 aromatic heterocycles. The third kappa shape index (κ3) is 3.94. The van der Waals surface area contributed by atoms with Gasteiger partial charge in [0.25, 0.3) is 0 Å². The number of aromatic nitrogens is 2. The summed E-state index contributed by atoms with van der Waals surface area (Å²) in [6.07, 6.45) is 3.42. The number of carbonyl (C=O) groups excluding carboxylic acids is 1. The van der Waals surface area contributed by atoms with Crippen LogP contribution in [0.25, 0.3) is 0 Å². The largest absolute Gasteiger partial charge is 0.354 e. The molecule has 2 rings (SSSR count). The summed E-state index contributed by atoms with van der Waals surface area (Å²) in [6, 6.07) is 4.06. The lowest BCUT2D eigenvalue weighted by Crippen LogP contribution is -2.42. The normalized spacial score (nSPS) is 12.9. The van der Waals surface area contributed by atoms with E-state index in [0.29, 0.717) is 10.6 Å².